The van der Waals surface area contributed by atoms with E-state index < -0.39 is 0 Å². The highest BCUT2D eigenvalue weighted by atomic mass is 14.9. The highest BCUT2D eigenvalue weighted by Crippen LogP contribution is 2.24. The quantitative estimate of drug-likeness (QED) is 0.685. The third kappa shape index (κ3) is 5.28. The van der Waals surface area contributed by atoms with E-state index in [0.717, 1.165) is 17.9 Å². The first-order valence-corrected chi connectivity index (χ1v) is 8.50. The molecule has 0 spiro atoms. The molecule has 1 fully saturated rings. The van der Waals surface area contributed by atoms with Crippen molar-refractivity contribution in [2.75, 3.05) is 6.54 Å². The van der Waals surface area contributed by atoms with Gasteiger partial charge in [-0.3, -0.25) is 0 Å². The predicted molar refractivity (Wildman–Crippen MR) is 88.1 cm³/mol. The van der Waals surface area contributed by atoms with Crippen molar-refractivity contribution in [3.63, 3.8) is 0 Å². The van der Waals surface area contributed by atoms with Crippen LogP contribution in [0.3, 0.4) is 0 Å². The second-order valence-electron chi connectivity index (χ2n) is 6.66. The Hall–Kier alpha value is -0.820. The van der Waals surface area contributed by atoms with E-state index in [1.807, 2.05) is 0 Å². The maximum Gasteiger partial charge on any atom is 0.00683 e. The predicted octanol–water partition coefficient (Wildman–Crippen LogP) is 4.73. The lowest BCUT2D eigenvalue weighted by molar-refractivity contribution is 0.337. The van der Waals surface area contributed by atoms with E-state index in [9.17, 15) is 0 Å². The highest BCUT2D eigenvalue weighted by molar-refractivity contribution is 5.21. The molecule has 1 unspecified atom stereocenters. The van der Waals surface area contributed by atoms with Crippen LogP contribution in [0.15, 0.2) is 24.3 Å². The molecule has 1 N–H and O–H groups in total. The molecule has 1 aromatic carbocycles. The molecule has 1 saturated carbocycles. The number of hydrogen-bond acceptors (Lipinski definition) is 1. The zero-order valence-electron chi connectivity index (χ0n) is 13.5. The summed E-state index contributed by atoms with van der Waals surface area (Å²) in [6.07, 6.45) is 8.04. The van der Waals surface area contributed by atoms with Gasteiger partial charge >= 0.3 is 0 Å². The van der Waals surface area contributed by atoms with E-state index in [1.165, 1.54) is 56.2 Å². The normalized spacial score (nSPS) is 16.6. The molecule has 1 aliphatic rings. The molecule has 0 heterocycles. The molecule has 1 aromatic rings. The molecule has 2 rings (SSSR count). The second-order valence-corrected chi connectivity index (χ2v) is 6.66. The fourth-order valence-corrected chi connectivity index (χ4v) is 3.01. The Balaban J connectivity index is 1.90. The highest BCUT2D eigenvalue weighted by Gasteiger charge is 2.23. The van der Waals surface area contributed by atoms with Gasteiger partial charge in [0.25, 0.3) is 0 Å². The summed E-state index contributed by atoms with van der Waals surface area (Å²) in [4.78, 5) is 0. The molecule has 1 aliphatic carbocycles. The Morgan fingerprint density at radius 3 is 2.25 bits per heavy atom. The van der Waals surface area contributed by atoms with Crippen LogP contribution in [0.25, 0.3) is 0 Å². The Morgan fingerprint density at radius 2 is 1.70 bits per heavy atom. The number of aryl methyl sites for hydroxylation is 1. The van der Waals surface area contributed by atoms with E-state index in [4.69, 9.17) is 0 Å². The third-order valence-corrected chi connectivity index (χ3v) is 4.74. The van der Waals surface area contributed by atoms with Gasteiger partial charge in [-0.2, -0.15) is 0 Å². The van der Waals surface area contributed by atoms with Gasteiger partial charge in [-0.25, -0.2) is 0 Å². The molecule has 1 heteroatoms. The SMILES string of the molecule is CCC(CC)CC(CNC1CC1)Cc1ccc(C)cc1. The molecule has 20 heavy (non-hydrogen) atoms. The summed E-state index contributed by atoms with van der Waals surface area (Å²) in [7, 11) is 0. The van der Waals surface area contributed by atoms with Crippen LogP contribution in [0.2, 0.25) is 0 Å². The number of rotatable bonds is 9. The van der Waals surface area contributed by atoms with Crippen molar-refractivity contribution in [1.82, 2.24) is 5.32 Å². The second kappa shape index (κ2) is 7.83. The van der Waals surface area contributed by atoms with Gasteiger partial charge in [0.15, 0.2) is 0 Å². The molecule has 1 atom stereocenters. The Bertz CT molecular complexity index is 373. The molecule has 112 valence electrons. The summed E-state index contributed by atoms with van der Waals surface area (Å²) in [5.41, 5.74) is 2.87. The molecular weight excluding hydrogens is 242 g/mol. The molecule has 0 amide bonds. The summed E-state index contributed by atoms with van der Waals surface area (Å²) in [6.45, 7) is 8.05. The first-order chi connectivity index (χ1) is 9.71. The third-order valence-electron chi connectivity index (χ3n) is 4.74. The zero-order chi connectivity index (χ0) is 14.4. The first kappa shape index (κ1) is 15.6. The summed E-state index contributed by atoms with van der Waals surface area (Å²) in [5.74, 6) is 1.69. The van der Waals surface area contributed by atoms with Crippen LogP contribution in [-0.4, -0.2) is 12.6 Å². The van der Waals surface area contributed by atoms with E-state index in [1.54, 1.807) is 0 Å². The summed E-state index contributed by atoms with van der Waals surface area (Å²) in [6, 6.07) is 9.95. The van der Waals surface area contributed by atoms with E-state index >= 15 is 0 Å². The Kier molecular flexibility index (Phi) is 6.09. The van der Waals surface area contributed by atoms with Crippen LogP contribution >= 0.6 is 0 Å². The lowest BCUT2D eigenvalue weighted by atomic mass is 9.86. The van der Waals surface area contributed by atoms with Gasteiger partial charge in [-0.05, 0) is 56.6 Å². The van der Waals surface area contributed by atoms with Crippen molar-refractivity contribution >= 4 is 0 Å². The minimum atomic E-state index is 0.795. The smallest absolute Gasteiger partial charge is 0.00683 e. The molecule has 0 bridgehead atoms. The van der Waals surface area contributed by atoms with Crippen molar-refractivity contribution in [2.24, 2.45) is 11.8 Å². The van der Waals surface area contributed by atoms with Crippen molar-refractivity contribution in [2.45, 2.75) is 65.3 Å². The lowest BCUT2D eigenvalue weighted by Crippen LogP contribution is -2.27. The number of nitrogens with one attached hydrogen (secondary N) is 1. The molecule has 1 nitrogen and oxygen atoms in total. The van der Waals surface area contributed by atoms with Gasteiger partial charge in [-0.1, -0.05) is 56.5 Å². The zero-order valence-corrected chi connectivity index (χ0v) is 13.5. The van der Waals surface area contributed by atoms with Gasteiger partial charge < -0.3 is 5.32 Å². The molecule has 0 saturated heterocycles. The average Bonchev–Trinajstić information content (AvgIpc) is 3.28. The van der Waals surface area contributed by atoms with Crippen molar-refractivity contribution < 1.29 is 0 Å². The summed E-state index contributed by atoms with van der Waals surface area (Å²) < 4.78 is 0. The topological polar surface area (TPSA) is 12.0 Å². The average molecular weight is 273 g/mol. The minimum absolute atomic E-state index is 0.795. The Morgan fingerprint density at radius 1 is 1.05 bits per heavy atom. The van der Waals surface area contributed by atoms with Gasteiger partial charge in [-0.15, -0.1) is 0 Å². The largest absolute Gasteiger partial charge is 0.314 e. The van der Waals surface area contributed by atoms with Crippen LogP contribution in [0.4, 0.5) is 0 Å². The molecule has 0 aromatic heterocycles. The first-order valence-electron chi connectivity index (χ1n) is 8.50. The van der Waals surface area contributed by atoms with Crippen molar-refractivity contribution in [1.29, 1.82) is 0 Å². The maximum absolute atomic E-state index is 3.74. The van der Waals surface area contributed by atoms with E-state index in [-0.39, 0.29) is 0 Å². The van der Waals surface area contributed by atoms with Gasteiger partial charge in [0.05, 0.1) is 0 Å². The number of benzene rings is 1. The summed E-state index contributed by atoms with van der Waals surface area (Å²) in [5, 5.41) is 3.74. The molecule has 0 aliphatic heterocycles. The van der Waals surface area contributed by atoms with E-state index in [2.05, 4.69) is 50.4 Å². The van der Waals surface area contributed by atoms with Crippen LogP contribution < -0.4 is 5.32 Å². The Labute approximate surface area is 125 Å². The lowest BCUT2D eigenvalue weighted by Gasteiger charge is -2.22. The van der Waals surface area contributed by atoms with Crippen LogP contribution in [0, 0.1) is 18.8 Å². The van der Waals surface area contributed by atoms with E-state index in [0.29, 0.717) is 0 Å². The van der Waals surface area contributed by atoms with Gasteiger partial charge in [0.2, 0.25) is 0 Å². The fraction of sp³-hybridized carbons (Fsp3) is 0.684. The van der Waals surface area contributed by atoms with Crippen molar-refractivity contribution in [3.8, 4) is 0 Å². The maximum atomic E-state index is 3.74. The van der Waals surface area contributed by atoms with Gasteiger partial charge in [0.1, 0.15) is 0 Å². The molecule has 0 radical (unpaired) electrons. The molecular formula is C19H31N. The van der Waals surface area contributed by atoms with Gasteiger partial charge in [0, 0.05) is 6.04 Å². The monoisotopic (exact) mass is 273 g/mol. The van der Waals surface area contributed by atoms with Crippen LogP contribution in [0.1, 0.15) is 57.1 Å². The van der Waals surface area contributed by atoms with Crippen LogP contribution in [-0.2, 0) is 6.42 Å². The fourth-order valence-electron chi connectivity index (χ4n) is 3.01. The standard InChI is InChI=1S/C19H31N/c1-4-16(5-2)12-18(14-20-19-10-11-19)13-17-8-6-15(3)7-9-17/h6-9,16,18-20H,4-5,10-14H2,1-3H3. The minimum Gasteiger partial charge on any atom is -0.314 e. The summed E-state index contributed by atoms with van der Waals surface area (Å²) >= 11 is 0. The number of hydrogen-bond donors (Lipinski definition) is 1. The van der Waals surface area contributed by atoms with Crippen molar-refractivity contribution in [3.05, 3.63) is 35.4 Å². The van der Waals surface area contributed by atoms with Crippen LogP contribution in [0.5, 0.6) is 0 Å².